The number of nitrogens with two attached hydrogens (primary N) is 1. The second-order valence-corrected chi connectivity index (χ2v) is 14.0. The maximum absolute atomic E-state index is 13.0. The molecule has 2 aliphatic heterocycles. The first-order valence-electron chi connectivity index (χ1n) is 13.7. The highest BCUT2D eigenvalue weighted by Crippen LogP contribution is 2.62. The summed E-state index contributed by atoms with van der Waals surface area (Å²) in [5.41, 5.74) is 4.86. The summed E-state index contributed by atoms with van der Waals surface area (Å²) in [6, 6.07) is -1.46. The average Bonchev–Trinajstić information content (AvgIpc) is 3.18. The number of nitrogens with zero attached hydrogens (tertiary/aromatic N) is 1. The van der Waals surface area contributed by atoms with Gasteiger partial charge < -0.3 is 26.6 Å². The Bertz CT molecular complexity index is 966. The van der Waals surface area contributed by atoms with Gasteiger partial charge in [-0.05, 0) is 40.9 Å². The molecule has 0 aromatic heterocycles. The van der Waals surface area contributed by atoms with Crippen LogP contribution in [0.4, 0.5) is 0 Å². The van der Waals surface area contributed by atoms with Gasteiger partial charge in [-0.2, -0.15) is 0 Å². The predicted octanol–water partition coefficient (Wildman–Crippen LogP) is 0.750. The summed E-state index contributed by atoms with van der Waals surface area (Å²) in [5, 5.41) is 7.81. The van der Waals surface area contributed by atoms with Crippen LogP contribution in [0, 0.1) is 34.0 Å². The highest BCUT2D eigenvalue weighted by Gasteiger charge is 2.63. The van der Waals surface area contributed by atoms with Crippen LogP contribution in [0.15, 0.2) is 0 Å². The Morgan fingerprint density at radius 1 is 1.10 bits per heavy atom. The highest BCUT2D eigenvalue weighted by atomic mass is 16.2. The van der Waals surface area contributed by atoms with Crippen molar-refractivity contribution >= 4 is 35.8 Å². The van der Waals surface area contributed by atoms with Crippen molar-refractivity contribution in [3.63, 3.8) is 0 Å². The van der Waals surface area contributed by atoms with Crippen molar-refractivity contribution in [3.8, 4) is 0 Å². The van der Waals surface area contributed by atoms with Gasteiger partial charge in [-0.3, -0.25) is 28.8 Å². The maximum Gasteiger partial charge on any atom is 0.287 e. The summed E-state index contributed by atoms with van der Waals surface area (Å²) >= 11 is 0. The number of ketones is 1. The zero-order valence-electron chi connectivity index (χ0n) is 24.7. The average molecular weight is 550 g/mol. The Balaban J connectivity index is 0.000000293. The minimum Gasteiger partial charge on any atom is -0.363 e. The number of nitrogens with one attached hydrogen (secondary N) is 3. The lowest BCUT2D eigenvalue weighted by molar-refractivity contribution is -0.139. The summed E-state index contributed by atoms with van der Waals surface area (Å²) in [5.74, 6) is -1.20. The molecule has 5 unspecified atom stereocenters. The molecule has 39 heavy (non-hydrogen) atoms. The van der Waals surface area contributed by atoms with Crippen LogP contribution in [-0.2, 0) is 28.8 Å². The van der Waals surface area contributed by atoms with Crippen molar-refractivity contribution in [3.05, 3.63) is 0 Å². The van der Waals surface area contributed by atoms with E-state index in [0.717, 1.165) is 13.1 Å². The Morgan fingerprint density at radius 3 is 2.08 bits per heavy atom. The molecule has 0 radical (unpaired) electrons. The van der Waals surface area contributed by atoms with Gasteiger partial charge in [-0.1, -0.05) is 55.4 Å². The molecular weight excluding hydrogens is 502 g/mol. The molecule has 2 saturated heterocycles. The van der Waals surface area contributed by atoms with Gasteiger partial charge >= 0.3 is 0 Å². The number of carbonyl (C=O) groups excluding carboxylic acids is 6. The molecule has 3 aliphatic rings. The number of amides is 5. The van der Waals surface area contributed by atoms with Gasteiger partial charge in [0.15, 0.2) is 0 Å². The van der Waals surface area contributed by atoms with E-state index < -0.39 is 23.8 Å². The molecular formula is C28H47N5O6. The van der Waals surface area contributed by atoms with E-state index in [1.165, 1.54) is 0 Å². The quantitative estimate of drug-likeness (QED) is 0.244. The molecule has 0 aromatic carbocycles. The number of primary amides is 1. The number of hydrogen-bond acceptors (Lipinski definition) is 6. The molecule has 5 amide bonds. The Kier molecular flexibility index (Phi) is 9.95. The van der Waals surface area contributed by atoms with E-state index in [-0.39, 0.29) is 40.9 Å². The Hall–Kier alpha value is -2.98. The zero-order valence-corrected chi connectivity index (χ0v) is 24.7. The minimum atomic E-state index is -1.11. The van der Waals surface area contributed by atoms with Crippen molar-refractivity contribution < 1.29 is 28.8 Å². The van der Waals surface area contributed by atoms with Crippen LogP contribution >= 0.6 is 0 Å². The molecule has 11 heteroatoms. The number of carbonyl (C=O) groups is 6. The van der Waals surface area contributed by atoms with E-state index in [0.29, 0.717) is 43.0 Å². The molecule has 1 saturated carbocycles. The first kappa shape index (κ1) is 32.2. The van der Waals surface area contributed by atoms with Crippen LogP contribution in [0.25, 0.3) is 0 Å². The lowest BCUT2D eigenvalue weighted by Gasteiger charge is -2.35. The summed E-state index contributed by atoms with van der Waals surface area (Å²) in [6.07, 6.45) is 1.44. The first-order valence-corrected chi connectivity index (χ1v) is 13.7. The third-order valence-corrected chi connectivity index (χ3v) is 8.05. The number of piperidine rings is 1. The van der Waals surface area contributed by atoms with Crippen LogP contribution in [0.3, 0.4) is 0 Å². The van der Waals surface area contributed by atoms with Gasteiger partial charge in [-0.15, -0.1) is 0 Å². The number of fused-ring (bicyclic) bond motifs is 1. The Labute approximate surface area is 231 Å². The van der Waals surface area contributed by atoms with Crippen LogP contribution in [0.1, 0.15) is 74.7 Å². The third kappa shape index (κ3) is 8.50. The molecule has 0 aromatic rings. The molecule has 1 aliphatic carbocycles. The minimum absolute atomic E-state index is 0.0320. The van der Waals surface area contributed by atoms with Crippen LogP contribution in [-0.4, -0.2) is 72.4 Å². The molecule has 3 fully saturated rings. The number of rotatable bonds is 9. The molecule has 220 valence electrons. The number of likely N-dealkylation sites (tertiary alicyclic amines) is 1. The van der Waals surface area contributed by atoms with Crippen LogP contribution in [0.5, 0.6) is 0 Å². The lowest BCUT2D eigenvalue weighted by atomic mass is 9.84. The SMILES string of the molecule is CC(C)(C)CC(=O)NC(C(=O)N1CC2C(C1)C2(C)C)C(C)(C)C.NC(=O)C(=O)C(CC1CCNC1=O)NC=O. The van der Waals surface area contributed by atoms with Gasteiger partial charge in [-0.25, -0.2) is 0 Å². The van der Waals surface area contributed by atoms with E-state index in [9.17, 15) is 28.8 Å². The fraction of sp³-hybridized carbons (Fsp3) is 0.786. The fourth-order valence-corrected chi connectivity index (χ4v) is 5.50. The van der Waals surface area contributed by atoms with Crippen molar-refractivity contribution in [2.24, 2.45) is 39.7 Å². The topological polar surface area (TPSA) is 168 Å². The molecule has 0 bridgehead atoms. The summed E-state index contributed by atoms with van der Waals surface area (Å²) in [7, 11) is 0. The number of Topliss-reactive ketones (excluding diaryl/α,β-unsaturated/α-hetero) is 1. The van der Waals surface area contributed by atoms with Gasteiger partial charge in [0.2, 0.25) is 29.9 Å². The normalized spacial score (nSPS) is 24.8. The molecule has 5 N–H and O–H groups in total. The van der Waals surface area contributed by atoms with E-state index in [2.05, 4.69) is 29.8 Å². The van der Waals surface area contributed by atoms with Gasteiger partial charge in [0.05, 0.1) is 6.04 Å². The Morgan fingerprint density at radius 2 is 1.67 bits per heavy atom. The van der Waals surface area contributed by atoms with Crippen molar-refractivity contribution in [2.45, 2.75) is 86.7 Å². The van der Waals surface area contributed by atoms with Crippen LogP contribution < -0.4 is 21.7 Å². The smallest absolute Gasteiger partial charge is 0.287 e. The first-order chi connectivity index (χ1) is 17.8. The fourth-order valence-electron chi connectivity index (χ4n) is 5.50. The lowest BCUT2D eigenvalue weighted by Crippen LogP contribution is -2.55. The zero-order chi connectivity index (χ0) is 29.9. The van der Waals surface area contributed by atoms with E-state index in [1.807, 2.05) is 46.4 Å². The molecule has 0 spiro atoms. The molecule has 11 nitrogen and oxygen atoms in total. The second kappa shape index (κ2) is 12.0. The highest BCUT2D eigenvalue weighted by molar-refractivity contribution is 6.37. The second-order valence-electron chi connectivity index (χ2n) is 14.0. The molecule has 3 rings (SSSR count). The monoisotopic (exact) mass is 549 g/mol. The van der Waals surface area contributed by atoms with Gasteiger partial charge in [0, 0.05) is 32.0 Å². The van der Waals surface area contributed by atoms with Crippen molar-refractivity contribution in [1.29, 1.82) is 0 Å². The van der Waals surface area contributed by atoms with Gasteiger partial charge in [0.1, 0.15) is 6.04 Å². The van der Waals surface area contributed by atoms with Crippen molar-refractivity contribution in [1.82, 2.24) is 20.9 Å². The molecule has 2 heterocycles. The van der Waals surface area contributed by atoms with Crippen LogP contribution in [0.2, 0.25) is 0 Å². The molecule has 5 atom stereocenters. The summed E-state index contributed by atoms with van der Waals surface area (Å²) in [6.45, 7) is 19.0. The summed E-state index contributed by atoms with van der Waals surface area (Å²) in [4.78, 5) is 70.8. The van der Waals surface area contributed by atoms with Crippen molar-refractivity contribution in [2.75, 3.05) is 19.6 Å². The standard InChI is InChI=1S/C19H34N2O2.C9H13N3O4/c1-17(2,3)9-14(22)20-15(18(4,5)6)16(23)21-10-12-13(11-21)19(12,7)8;10-8(15)7(14)6(12-4-13)3-5-1-2-11-9(5)16/h12-13,15H,9-11H2,1-8H3,(H,20,22);4-6H,1-3H2,(H2,10,15)(H,11,16)(H,12,13). The number of hydrogen-bond donors (Lipinski definition) is 4. The largest absolute Gasteiger partial charge is 0.363 e. The van der Waals surface area contributed by atoms with E-state index in [1.54, 1.807) is 0 Å². The predicted molar refractivity (Wildman–Crippen MR) is 146 cm³/mol. The van der Waals surface area contributed by atoms with E-state index in [4.69, 9.17) is 5.73 Å². The summed E-state index contributed by atoms with van der Waals surface area (Å²) < 4.78 is 0. The van der Waals surface area contributed by atoms with Gasteiger partial charge in [0.25, 0.3) is 5.91 Å². The van der Waals surface area contributed by atoms with E-state index >= 15 is 0 Å². The maximum atomic E-state index is 13.0. The third-order valence-electron chi connectivity index (χ3n) is 8.05.